The lowest BCUT2D eigenvalue weighted by Crippen LogP contribution is -2.01. The first-order valence-corrected chi connectivity index (χ1v) is 7.36. The van der Waals surface area contributed by atoms with Gasteiger partial charge < -0.3 is 5.32 Å². The lowest BCUT2D eigenvalue weighted by atomic mass is 10.3. The summed E-state index contributed by atoms with van der Waals surface area (Å²) >= 11 is 7.67. The summed E-state index contributed by atoms with van der Waals surface area (Å²) in [5.41, 5.74) is 1.89. The number of nitrogens with zero attached hydrogens (tertiary/aromatic N) is 3. The maximum atomic E-state index is 6.14. The number of hydrogen-bond acceptors (Lipinski definition) is 5. The van der Waals surface area contributed by atoms with Crippen molar-refractivity contribution in [1.82, 2.24) is 15.0 Å². The Labute approximate surface area is 122 Å². The lowest BCUT2D eigenvalue weighted by molar-refractivity contribution is 0.948. The van der Waals surface area contributed by atoms with Crippen molar-refractivity contribution in [3.63, 3.8) is 0 Å². The molecular formula is C13H15ClN4S. The van der Waals surface area contributed by atoms with Gasteiger partial charge in [0.05, 0.1) is 10.7 Å². The highest BCUT2D eigenvalue weighted by Crippen LogP contribution is 2.24. The van der Waals surface area contributed by atoms with Crippen molar-refractivity contribution in [2.24, 2.45) is 0 Å². The van der Waals surface area contributed by atoms with Gasteiger partial charge in [0.25, 0.3) is 0 Å². The van der Waals surface area contributed by atoms with Crippen molar-refractivity contribution >= 4 is 29.2 Å². The van der Waals surface area contributed by atoms with Crippen LogP contribution in [0.25, 0.3) is 0 Å². The fourth-order valence-corrected chi connectivity index (χ4v) is 2.44. The first-order chi connectivity index (χ1) is 9.19. The summed E-state index contributed by atoms with van der Waals surface area (Å²) in [5.74, 6) is 1.49. The van der Waals surface area contributed by atoms with Crippen molar-refractivity contribution < 1.29 is 0 Å². The van der Waals surface area contributed by atoms with Crippen LogP contribution in [0.1, 0.15) is 18.2 Å². The normalized spacial score (nSPS) is 10.5. The van der Waals surface area contributed by atoms with Crippen molar-refractivity contribution in [2.45, 2.75) is 24.8 Å². The van der Waals surface area contributed by atoms with Crippen molar-refractivity contribution in [2.75, 3.05) is 11.9 Å². The molecule has 2 aromatic rings. The van der Waals surface area contributed by atoms with E-state index in [0.29, 0.717) is 10.8 Å². The van der Waals surface area contributed by atoms with Crippen LogP contribution < -0.4 is 5.32 Å². The molecule has 19 heavy (non-hydrogen) atoms. The molecule has 0 aromatic carbocycles. The van der Waals surface area contributed by atoms with Gasteiger partial charge in [0.15, 0.2) is 5.16 Å². The van der Waals surface area contributed by atoms with Crippen LogP contribution in [0.4, 0.5) is 5.82 Å². The Kier molecular flexibility index (Phi) is 4.99. The Balaban J connectivity index is 2.05. The van der Waals surface area contributed by atoms with Gasteiger partial charge >= 0.3 is 0 Å². The van der Waals surface area contributed by atoms with Gasteiger partial charge in [-0.1, -0.05) is 23.4 Å². The van der Waals surface area contributed by atoms with Crippen LogP contribution in [0, 0.1) is 6.92 Å². The molecule has 0 bridgehead atoms. The Bertz CT molecular complexity index is 545. The molecule has 100 valence electrons. The number of pyridine rings is 1. The first kappa shape index (κ1) is 14.1. The zero-order valence-corrected chi connectivity index (χ0v) is 12.4. The molecular weight excluding hydrogens is 280 g/mol. The highest BCUT2D eigenvalue weighted by atomic mass is 35.5. The number of hydrogen-bond donors (Lipinski definition) is 1. The second-order valence-corrected chi connectivity index (χ2v) is 5.34. The third-order valence-electron chi connectivity index (χ3n) is 2.37. The number of aromatic nitrogens is 3. The number of halogens is 1. The SMILES string of the molecule is CCNc1ccc(Cl)c(CSc2ncc(C)cn2)n1. The van der Waals surface area contributed by atoms with Gasteiger partial charge in [-0.15, -0.1) is 0 Å². The van der Waals surface area contributed by atoms with Crippen LogP contribution in [0.2, 0.25) is 5.02 Å². The summed E-state index contributed by atoms with van der Waals surface area (Å²) in [5, 5.41) is 4.57. The Morgan fingerprint density at radius 3 is 2.68 bits per heavy atom. The number of thioether (sulfide) groups is 1. The maximum absolute atomic E-state index is 6.14. The molecule has 0 unspecified atom stereocenters. The van der Waals surface area contributed by atoms with Gasteiger partial charge in [0.2, 0.25) is 0 Å². The van der Waals surface area contributed by atoms with E-state index >= 15 is 0 Å². The summed E-state index contributed by atoms with van der Waals surface area (Å²) in [6.07, 6.45) is 3.61. The fourth-order valence-electron chi connectivity index (χ4n) is 1.45. The minimum Gasteiger partial charge on any atom is -0.370 e. The van der Waals surface area contributed by atoms with Crippen molar-refractivity contribution in [3.8, 4) is 0 Å². The molecule has 0 atom stereocenters. The van der Waals surface area contributed by atoms with Gasteiger partial charge in [-0.2, -0.15) is 0 Å². The van der Waals surface area contributed by atoms with E-state index in [1.165, 1.54) is 11.8 Å². The number of anilines is 1. The lowest BCUT2D eigenvalue weighted by Gasteiger charge is -2.07. The smallest absolute Gasteiger partial charge is 0.187 e. The molecule has 0 aliphatic heterocycles. The quantitative estimate of drug-likeness (QED) is 0.675. The number of rotatable bonds is 5. The molecule has 0 saturated carbocycles. The van der Waals surface area contributed by atoms with Gasteiger partial charge in [-0.3, -0.25) is 0 Å². The molecule has 0 fully saturated rings. The molecule has 0 saturated heterocycles. The van der Waals surface area contributed by atoms with Crippen LogP contribution in [-0.2, 0) is 5.75 Å². The van der Waals surface area contributed by atoms with Crippen LogP contribution in [0.3, 0.4) is 0 Å². The maximum Gasteiger partial charge on any atom is 0.187 e. The largest absolute Gasteiger partial charge is 0.370 e. The molecule has 2 heterocycles. The predicted octanol–water partition coefficient (Wildman–Crippen LogP) is 3.56. The fraction of sp³-hybridized carbons (Fsp3) is 0.308. The summed E-state index contributed by atoms with van der Waals surface area (Å²) in [4.78, 5) is 13.0. The topological polar surface area (TPSA) is 50.7 Å². The van der Waals surface area contributed by atoms with Crippen LogP contribution in [-0.4, -0.2) is 21.5 Å². The van der Waals surface area contributed by atoms with Gasteiger partial charge in [0, 0.05) is 24.7 Å². The zero-order valence-electron chi connectivity index (χ0n) is 10.9. The Hall–Kier alpha value is -1.33. The van der Waals surface area contributed by atoms with E-state index in [0.717, 1.165) is 28.8 Å². The third-order valence-corrected chi connectivity index (χ3v) is 3.60. The van der Waals surface area contributed by atoms with Gasteiger partial charge in [0.1, 0.15) is 5.82 Å². The molecule has 0 amide bonds. The van der Waals surface area contributed by atoms with E-state index < -0.39 is 0 Å². The summed E-state index contributed by atoms with van der Waals surface area (Å²) < 4.78 is 0. The molecule has 4 nitrogen and oxygen atoms in total. The third kappa shape index (κ3) is 4.08. The van der Waals surface area contributed by atoms with E-state index in [4.69, 9.17) is 11.6 Å². The summed E-state index contributed by atoms with van der Waals surface area (Å²) in [7, 11) is 0. The zero-order chi connectivity index (χ0) is 13.7. The number of nitrogens with one attached hydrogen (secondary N) is 1. The van der Waals surface area contributed by atoms with Crippen LogP contribution >= 0.6 is 23.4 Å². The number of aryl methyl sites for hydroxylation is 1. The molecule has 0 aliphatic rings. The molecule has 2 aromatic heterocycles. The molecule has 0 radical (unpaired) electrons. The van der Waals surface area contributed by atoms with Crippen molar-refractivity contribution in [1.29, 1.82) is 0 Å². The van der Waals surface area contributed by atoms with E-state index in [2.05, 4.69) is 20.3 Å². The monoisotopic (exact) mass is 294 g/mol. The van der Waals surface area contributed by atoms with E-state index in [-0.39, 0.29) is 0 Å². The Morgan fingerprint density at radius 1 is 1.26 bits per heavy atom. The summed E-state index contributed by atoms with van der Waals surface area (Å²) in [6.45, 7) is 4.83. The first-order valence-electron chi connectivity index (χ1n) is 5.99. The average molecular weight is 295 g/mol. The predicted molar refractivity (Wildman–Crippen MR) is 79.7 cm³/mol. The summed E-state index contributed by atoms with van der Waals surface area (Å²) in [6, 6.07) is 3.74. The molecule has 2 rings (SSSR count). The molecule has 0 aliphatic carbocycles. The Morgan fingerprint density at radius 2 is 2.00 bits per heavy atom. The van der Waals surface area contributed by atoms with Gasteiger partial charge in [-0.25, -0.2) is 15.0 Å². The van der Waals surface area contributed by atoms with Crippen LogP contribution in [0.5, 0.6) is 0 Å². The van der Waals surface area contributed by atoms with Crippen molar-refractivity contribution in [3.05, 3.63) is 40.8 Å². The molecule has 0 spiro atoms. The van der Waals surface area contributed by atoms with E-state index in [9.17, 15) is 0 Å². The second-order valence-electron chi connectivity index (χ2n) is 3.99. The standard InChI is InChI=1S/C13H15ClN4S/c1-3-15-12-5-4-10(14)11(18-12)8-19-13-16-6-9(2)7-17-13/h4-7H,3,8H2,1-2H3,(H,15,18). The highest BCUT2D eigenvalue weighted by Gasteiger charge is 2.06. The molecule has 1 N–H and O–H groups in total. The molecule has 6 heteroatoms. The van der Waals surface area contributed by atoms with E-state index in [1.54, 1.807) is 12.4 Å². The van der Waals surface area contributed by atoms with Gasteiger partial charge in [-0.05, 0) is 31.5 Å². The minimum absolute atomic E-state index is 0.654. The average Bonchev–Trinajstić information content (AvgIpc) is 2.41. The van der Waals surface area contributed by atoms with E-state index in [1.807, 2.05) is 26.0 Å². The van der Waals surface area contributed by atoms with Crippen LogP contribution in [0.15, 0.2) is 29.7 Å². The highest BCUT2D eigenvalue weighted by molar-refractivity contribution is 7.98. The minimum atomic E-state index is 0.654. The second kappa shape index (κ2) is 6.73.